The van der Waals surface area contributed by atoms with Crippen molar-refractivity contribution in [3.8, 4) is 23.3 Å². The van der Waals surface area contributed by atoms with E-state index in [1.807, 2.05) is 12.1 Å². The number of nitriles is 1. The lowest BCUT2D eigenvalue weighted by Crippen LogP contribution is -2.55. The number of ether oxygens (including phenoxy) is 3. The number of fused-ring (bicyclic) bond motifs is 1. The van der Waals surface area contributed by atoms with E-state index < -0.39 is 7.14 Å². The zero-order valence-electron chi connectivity index (χ0n) is 26.8. The minimum absolute atomic E-state index is 0.388. The fourth-order valence-electron chi connectivity index (χ4n) is 6.60. The molecule has 3 aliphatic heterocycles. The number of methoxy groups -OCH3 is 1. The van der Waals surface area contributed by atoms with E-state index >= 15 is 0 Å². The van der Waals surface area contributed by atoms with Crippen LogP contribution in [0.1, 0.15) is 31.7 Å². The number of piperidine rings is 1. The predicted molar refractivity (Wildman–Crippen MR) is 186 cm³/mol. The molecule has 11 nitrogen and oxygen atoms in total. The monoisotopic (exact) mass is 709 g/mol. The molecule has 244 valence electrons. The second-order valence-electron chi connectivity index (χ2n) is 12.4. The summed E-state index contributed by atoms with van der Waals surface area (Å²) in [6, 6.07) is 10.8. The highest BCUT2D eigenvalue weighted by molar-refractivity contribution is 9.10. The van der Waals surface area contributed by atoms with E-state index in [2.05, 4.69) is 66.5 Å². The highest BCUT2D eigenvalue weighted by Crippen LogP contribution is 2.47. The first kappa shape index (κ1) is 32.4. The minimum atomic E-state index is -2.76. The van der Waals surface area contributed by atoms with Gasteiger partial charge in [0, 0.05) is 56.6 Å². The van der Waals surface area contributed by atoms with Crippen LogP contribution in [0.3, 0.4) is 0 Å². The molecule has 0 unspecified atom stereocenters. The Morgan fingerprint density at radius 2 is 1.89 bits per heavy atom. The van der Waals surface area contributed by atoms with Crippen LogP contribution < -0.4 is 35.0 Å². The van der Waals surface area contributed by atoms with Gasteiger partial charge in [-0.1, -0.05) is 6.92 Å². The molecule has 2 N–H and O–H groups in total. The first-order chi connectivity index (χ1) is 22.2. The van der Waals surface area contributed by atoms with Gasteiger partial charge in [-0.3, -0.25) is 4.90 Å². The van der Waals surface area contributed by atoms with Crippen molar-refractivity contribution in [2.24, 2.45) is 5.92 Å². The topological polar surface area (TPSA) is 125 Å². The van der Waals surface area contributed by atoms with Gasteiger partial charge in [-0.2, -0.15) is 10.2 Å². The Balaban J connectivity index is 1.20. The molecule has 0 bridgehead atoms. The maximum absolute atomic E-state index is 13.4. The number of rotatable bonds is 10. The molecule has 2 aromatic carbocycles. The second kappa shape index (κ2) is 13.7. The molecule has 0 spiro atoms. The lowest BCUT2D eigenvalue weighted by molar-refractivity contribution is 0.0435. The molecule has 1 aromatic heterocycles. The fraction of sp³-hybridized carbons (Fsp3) is 0.485. The average Bonchev–Trinajstić information content (AvgIpc) is 3.03. The fourth-order valence-corrected chi connectivity index (χ4v) is 8.26. The van der Waals surface area contributed by atoms with E-state index in [9.17, 15) is 4.57 Å². The third-order valence-electron chi connectivity index (χ3n) is 8.93. The first-order valence-electron chi connectivity index (χ1n) is 15.8. The normalized spacial score (nSPS) is 17.3. The van der Waals surface area contributed by atoms with Gasteiger partial charge in [-0.25, -0.2) is 4.98 Å². The van der Waals surface area contributed by atoms with Gasteiger partial charge in [-0.05, 0) is 78.2 Å². The molecule has 3 aromatic rings. The number of aryl methyl sites for hydroxylation is 1. The summed E-state index contributed by atoms with van der Waals surface area (Å²) < 4.78 is 31.6. The van der Waals surface area contributed by atoms with E-state index in [1.165, 1.54) is 11.3 Å². The van der Waals surface area contributed by atoms with Crippen molar-refractivity contribution in [2.75, 3.05) is 75.4 Å². The summed E-state index contributed by atoms with van der Waals surface area (Å²) in [5.41, 5.74) is 3.83. The zero-order chi connectivity index (χ0) is 32.4. The van der Waals surface area contributed by atoms with Crippen LogP contribution in [-0.4, -0.2) is 80.7 Å². The molecule has 13 heteroatoms. The van der Waals surface area contributed by atoms with E-state index in [0.29, 0.717) is 76.1 Å². The maximum Gasteiger partial charge on any atom is 0.229 e. The first-order valence-corrected chi connectivity index (χ1v) is 19.2. The lowest BCUT2D eigenvalue weighted by atomic mass is 9.91. The Morgan fingerprint density at radius 1 is 1.13 bits per heavy atom. The van der Waals surface area contributed by atoms with Gasteiger partial charge in [0.25, 0.3) is 0 Å². The lowest BCUT2D eigenvalue weighted by Gasteiger charge is -2.47. The average molecular weight is 711 g/mol. The number of anilines is 5. The highest BCUT2D eigenvalue weighted by Gasteiger charge is 2.34. The summed E-state index contributed by atoms with van der Waals surface area (Å²) in [4.78, 5) is 14.3. The van der Waals surface area contributed by atoms with E-state index in [0.717, 1.165) is 51.1 Å². The molecule has 46 heavy (non-hydrogen) atoms. The SMILES string of the molecule is CCc1cc(Nc2ncc(Br)c(Nc3ccc4c(c3P(C)(C)=O)OCCO4)n2)c(OC)cc1N1CCC(N2CC(CC#N)C2)CC1. The Kier molecular flexibility index (Phi) is 9.64. The molecule has 0 aliphatic carbocycles. The Morgan fingerprint density at radius 3 is 2.59 bits per heavy atom. The molecule has 6 rings (SSSR count). The van der Waals surface area contributed by atoms with Crippen molar-refractivity contribution < 1.29 is 18.8 Å². The number of likely N-dealkylation sites (tertiary alicyclic amines) is 1. The van der Waals surface area contributed by atoms with E-state index in [1.54, 1.807) is 26.6 Å². The molecule has 2 saturated heterocycles. The summed E-state index contributed by atoms with van der Waals surface area (Å²) in [7, 11) is -1.08. The number of halogens is 1. The zero-order valence-corrected chi connectivity index (χ0v) is 29.3. The molecular weight excluding hydrogens is 669 g/mol. The second-order valence-corrected chi connectivity index (χ2v) is 16.4. The molecule has 3 aliphatic rings. The number of nitrogens with zero attached hydrogens (tertiary/aromatic N) is 5. The van der Waals surface area contributed by atoms with Crippen LogP contribution in [0.15, 0.2) is 34.9 Å². The van der Waals surface area contributed by atoms with Crippen LogP contribution in [0.2, 0.25) is 0 Å². The van der Waals surface area contributed by atoms with Crippen LogP contribution in [0.25, 0.3) is 0 Å². The van der Waals surface area contributed by atoms with Crippen LogP contribution >= 0.6 is 23.1 Å². The van der Waals surface area contributed by atoms with Crippen molar-refractivity contribution in [3.05, 3.63) is 40.5 Å². The molecular formula is C33H41BrN7O4P. The van der Waals surface area contributed by atoms with Crippen LogP contribution in [0, 0.1) is 17.2 Å². The van der Waals surface area contributed by atoms with Gasteiger partial charge in [0.05, 0.1) is 34.3 Å². The smallest absolute Gasteiger partial charge is 0.229 e. The Labute approximate surface area is 279 Å². The number of benzene rings is 2. The van der Waals surface area contributed by atoms with Gasteiger partial charge < -0.3 is 34.3 Å². The summed E-state index contributed by atoms with van der Waals surface area (Å²) in [6.45, 7) is 10.5. The van der Waals surface area contributed by atoms with Crippen LogP contribution in [0.4, 0.5) is 28.8 Å². The van der Waals surface area contributed by atoms with Crippen molar-refractivity contribution in [1.29, 1.82) is 5.26 Å². The maximum atomic E-state index is 13.4. The number of hydrogen-bond donors (Lipinski definition) is 2. The Bertz CT molecular complexity index is 1680. The number of nitrogens with one attached hydrogen (secondary N) is 2. The van der Waals surface area contributed by atoms with Crippen LogP contribution in [0.5, 0.6) is 17.2 Å². The largest absolute Gasteiger partial charge is 0.494 e. The molecule has 4 heterocycles. The predicted octanol–water partition coefficient (Wildman–Crippen LogP) is 6.13. The van der Waals surface area contributed by atoms with Crippen molar-refractivity contribution in [1.82, 2.24) is 14.9 Å². The van der Waals surface area contributed by atoms with Crippen LogP contribution in [-0.2, 0) is 11.0 Å². The van der Waals surface area contributed by atoms with Crippen molar-refractivity contribution in [3.63, 3.8) is 0 Å². The summed E-state index contributed by atoms with van der Waals surface area (Å²) in [6.07, 6.45) is 5.44. The van der Waals surface area contributed by atoms with Gasteiger partial charge >= 0.3 is 0 Å². The summed E-state index contributed by atoms with van der Waals surface area (Å²) in [5.74, 6) is 3.26. The van der Waals surface area contributed by atoms with Crippen molar-refractivity contribution in [2.45, 2.75) is 38.6 Å². The number of hydrogen-bond acceptors (Lipinski definition) is 11. The highest BCUT2D eigenvalue weighted by atomic mass is 79.9. The molecule has 0 saturated carbocycles. The third-order valence-corrected chi connectivity index (χ3v) is 11.0. The molecule has 0 amide bonds. The molecule has 0 radical (unpaired) electrons. The van der Waals surface area contributed by atoms with E-state index in [4.69, 9.17) is 24.5 Å². The quantitative estimate of drug-likeness (QED) is 0.236. The summed E-state index contributed by atoms with van der Waals surface area (Å²) >= 11 is 3.57. The van der Waals surface area contributed by atoms with E-state index in [-0.39, 0.29) is 0 Å². The minimum Gasteiger partial charge on any atom is -0.494 e. The van der Waals surface area contributed by atoms with Gasteiger partial charge in [0.15, 0.2) is 11.5 Å². The van der Waals surface area contributed by atoms with Gasteiger partial charge in [-0.15, -0.1) is 0 Å². The third kappa shape index (κ3) is 6.78. The molecule has 0 atom stereocenters. The Hall–Kier alpha value is -3.52. The summed E-state index contributed by atoms with van der Waals surface area (Å²) in [5, 5.41) is 16.3. The number of aromatic nitrogens is 2. The van der Waals surface area contributed by atoms with Gasteiger partial charge in [0.2, 0.25) is 5.95 Å². The standard InChI is InChI=1S/C33H41BrN7O4P/c1-5-22-16-26(29(43-2)17-27(22)40-12-9-23(10-13-40)41-19-21(20-41)8-11-35)38-33-36-18-24(34)32(39-33)37-25-6-7-28-30(45-15-14-44-28)31(25)46(3,4)42/h6-7,16-18,21,23H,5,8-10,12-15,19-20H2,1-4H3,(H2,36,37,38,39). The van der Waals surface area contributed by atoms with Crippen molar-refractivity contribution >= 4 is 57.2 Å². The molecule has 2 fully saturated rings. The van der Waals surface area contributed by atoms with Gasteiger partial charge in [0.1, 0.15) is 31.9 Å².